The Morgan fingerprint density at radius 2 is 1.92 bits per heavy atom. The first kappa shape index (κ1) is 19.9. The van der Waals surface area contributed by atoms with Crippen LogP contribution in [0.4, 0.5) is 5.69 Å². The van der Waals surface area contributed by atoms with Crippen molar-refractivity contribution in [3.05, 3.63) is 64.7 Å². The average Bonchev–Trinajstić information content (AvgIpc) is 2.61. The second-order valence-electron chi connectivity index (χ2n) is 5.80. The smallest absolute Gasteiger partial charge is 0.305 e. The molecule has 0 radical (unpaired) electrons. The number of carbonyl (C=O) groups excluding carboxylic acids is 2. The molecule has 0 heterocycles. The second kappa shape index (κ2) is 9.94. The van der Waals surface area contributed by atoms with Crippen molar-refractivity contribution in [2.75, 3.05) is 11.9 Å². The Hall–Kier alpha value is -2.37. The van der Waals surface area contributed by atoms with Crippen molar-refractivity contribution in [2.45, 2.75) is 32.3 Å². The van der Waals surface area contributed by atoms with E-state index in [9.17, 15) is 14.7 Å². The lowest BCUT2D eigenvalue weighted by Gasteiger charge is -2.16. The van der Waals surface area contributed by atoms with Crippen LogP contribution in [0.2, 0.25) is 5.02 Å². The van der Waals surface area contributed by atoms with Crippen LogP contribution in [0.3, 0.4) is 0 Å². The number of aliphatic hydroxyl groups is 1. The molecule has 0 spiro atoms. The lowest BCUT2D eigenvalue weighted by Crippen LogP contribution is -2.17. The Bertz CT molecular complexity index is 749. The van der Waals surface area contributed by atoms with Gasteiger partial charge in [-0.15, -0.1) is 0 Å². The SMILES string of the molecule is CCOC(=O)CCC(O)c1ccc(Cl)cc1NC(=O)Cc1ccccc1. The molecule has 0 aliphatic carbocycles. The van der Waals surface area contributed by atoms with Crippen molar-refractivity contribution in [2.24, 2.45) is 0 Å². The molecule has 0 fully saturated rings. The first-order valence-corrected chi connectivity index (χ1v) is 8.84. The molecule has 0 saturated heterocycles. The molecule has 5 nitrogen and oxygen atoms in total. The van der Waals surface area contributed by atoms with Gasteiger partial charge in [0.05, 0.1) is 19.1 Å². The largest absolute Gasteiger partial charge is 0.466 e. The van der Waals surface area contributed by atoms with E-state index in [4.69, 9.17) is 16.3 Å². The van der Waals surface area contributed by atoms with Crippen LogP contribution in [-0.4, -0.2) is 23.6 Å². The third-order valence-corrected chi connectivity index (χ3v) is 4.02. The van der Waals surface area contributed by atoms with Crippen molar-refractivity contribution < 1.29 is 19.4 Å². The average molecular weight is 376 g/mol. The van der Waals surface area contributed by atoms with Crippen LogP contribution >= 0.6 is 11.6 Å². The monoisotopic (exact) mass is 375 g/mol. The van der Waals surface area contributed by atoms with Gasteiger partial charge in [0, 0.05) is 22.7 Å². The van der Waals surface area contributed by atoms with E-state index in [-0.39, 0.29) is 31.1 Å². The Kier molecular flexibility index (Phi) is 7.63. The van der Waals surface area contributed by atoms with Gasteiger partial charge in [-0.05, 0) is 31.0 Å². The summed E-state index contributed by atoms with van der Waals surface area (Å²) in [4.78, 5) is 23.8. The summed E-state index contributed by atoms with van der Waals surface area (Å²) in [6.07, 6.45) is -0.410. The van der Waals surface area contributed by atoms with Gasteiger partial charge in [-0.2, -0.15) is 0 Å². The van der Waals surface area contributed by atoms with Gasteiger partial charge in [0.2, 0.25) is 5.91 Å². The van der Waals surface area contributed by atoms with Crippen LogP contribution in [0.1, 0.15) is 37.0 Å². The molecular formula is C20H22ClNO4. The van der Waals surface area contributed by atoms with E-state index >= 15 is 0 Å². The van der Waals surface area contributed by atoms with E-state index in [1.807, 2.05) is 30.3 Å². The van der Waals surface area contributed by atoms with Crippen LogP contribution in [0.25, 0.3) is 0 Å². The fourth-order valence-corrected chi connectivity index (χ4v) is 2.72. The van der Waals surface area contributed by atoms with Gasteiger partial charge in [-0.3, -0.25) is 9.59 Å². The van der Waals surface area contributed by atoms with E-state index in [1.54, 1.807) is 25.1 Å². The fraction of sp³-hybridized carbons (Fsp3) is 0.300. The van der Waals surface area contributed by atoms with Gasteiger partial charge in [0.1, 0.15) is 0 Å². The standard InChI is InChI=1S/C20H22ClNO4/c1-2-26-20(25)11-10-18(23)16-9-8-15(21)13-17(16)22-19(24)12-14-6-4-3-5-7-14/h3-9,13,18,23H,2,10-12H2,1H3,(H,22,24). The highest BCUT2D eigenvalue weighted by molar-refractivity contribution is 6.31. The molecule has 0 aliphatic heterocycles. The Morgan fingerprint density at radius 3 is 2.62 bits per heavy atom. The molecule has 1 unspecified atom stereocenters. The lowest BCUT2D eigenvalue weighted by molar-refractivity contribution is -0.143. The number of halogens is 1. The number of anilines is 1. The summed E-state index contributed by atoms with van der Waals surface area (Å²) in [5.41, 5.74) is 1.84. The van der Waals surface area contributed by atoms with Gasteiger partial charge < -0.3 is 15.2 Å². The number of carbonyl (C=O) groups is 2. The number of rotatable bonds is 8. The Balaban J connectivity index is 2.06. The topological polar surface area (TPSA) is 75.6 Å². The second-order valence-corrected chi connectivity index (χ2v) is 6.24. The summed E-state index contributed by atoms with van der Waals surface area (Å²) in [6.45, 7) is 2.03. The lowest BCUT2D eigenvalue weighted by atomic mass is 10.0. The molecule has 138 valence electrons. The van der Waals surface area contributed by atoms with Crippen LogP contribution < -0.4 is 5.32 Å². The highest BCUT2D eigenvalue weighted by Gasteiger charge is 2.17. The zero-order chi connectivity index (χ0) is 18.9. The maximum Gasteiger partial charge on any atom is 0.305 e. The molecular weight excluding hydrogens is 354 g/mol. The fourth-order valence-electron chi connectivity index (χ4n) is 2.55. The summed E-state index contributed by atoms with van der Waals surface area (Å²) in [5, 5.41) is 13.6. The molecule has 0 aromatic heterocycles. The van der Waals surface area contributed by atoms with Crippen molar-refractivity contribution in [1.82, 2.24) is 0 Å². The van der Waals surface area contributed by atoms with E-state index in [2.05, 4.69) is 5.32 Å². The molecule has 2 N–H and O–H groups in total. The zero-order valence-corrected chi connectivity index (χ0v) is 15.3. The van der Waals surface area contributed by atoms with Crippen LogP contribution in [-0.2, 0) is 20.7 Å². The Labute approximate surface area is 157 Å². The summed E-state index contributed by atoms with van der Waals surface area (Å²) >= 11 is 6.03. The van der Waals surface area contributed by atoms with Crippen molar-refractivity contribution in [1.29, 1.82) is 0 Å². The van der Waals surface area contributed by atoms with E-state index < -0.39 is 6.10 Å². The number of hydrogen-bond acceptors (Lipinski definition) is 4. The minimum absolute atomic E-state index is 0.0923. The van der Waals surface area contributed by atoms with Gasteiger partial charge in [-0.1, -0.05) is 48.0 Å². The van der Waals surface area contributed by atoms with Crippen molar-refractivity contribution in [3.8, 4) is 0 Å². The van der Waals surface area contributed by atoms with Gasteiger partial charge in [0.15, 0.2) is 0 Å². The van der Waals surface area contributed by atoms with Crippen molar-refractivity contribution in [3.63, 3.8) is 0 Å². The number of amides is 1. The summed E-state index contributed by atoms with van der Waals surface area (Å²) in [5.74, 6) is -0.576. The third-order valence-electron chi connectivity index (χ3n) is 3.78. The van der Waals surface area contributed by atoms with Crippen LogP contribution in [0, 0.1) is 0 Å². The normalized spacial score (nSPS) is 11.7. The first-order chi connectivity index (χ1) is 12.5. The number of ether oxygens (including phenoxy) is 1. The number of esters is 1. The van der Waals surface area contributed by atoms with E-state index in [1.165, 1.54) is 0 Å². The van der Waals surface area contributed by atoms with E-state index in [0.29, 0.717) is 22.9 Å². The molecule has 2 rings (SSSR count). The number of benzene rings is 2. The van der Waals surface area contributed by atoms with Crippen molar-refractivity contribution >= 4 is 29.2 Å². The van der Waals surface area contributed by atoms with E-state index in [0.717, 1.165) is 5.56 Å². The van der Waals surface area contributed by atoms with Gasteiger partial charge in [-0.25, -0.2) is 0 Å². The molecule has 0 aliphatic rings. The number of hydrogen-bond donors (Lipinski definition) is 2. The molecule has 0 bridgehead atoms. The van der Waals surface area contributed by atoms with Crippen LogP contribution in [0.5, 0.6) is 0 Å². The number of aliphatic hydroxyl groups excluding tert-OH is 1. The van der Waals surface area contributed by atoms with Gasteiger partial charge in [0.25, 0.3) is 0 Å². The van der Waals surface area contributed by atoms with Gasteiger partial charge >= 0.3 is 5.97 Å². The summed E-state index contributed by atoms with van der Waals surface area (Å²) in [6, 6.07) is 14.2. The predicted molar refractivity (Wildman–Crippen MR) is 101 cm³/mol. The Morgan fingerprint density at radius 1 is 1.19 bits per heavy atom. The molecule has 2 aromatic rings. The predicted octanol–water partition coefficient (Wildman–Crippen LogP) is 3.90. The molecule has 0 saturated carbocycles. The maximum absolute atomic E-state index is 12.3. The molecule has 1 atom stereocenters. The first-order valence-electron chi connectivity index (χ1n) is 8.46. The molecule has 2 aromatic carbocycles. The van der Waals surface area contributed by atoms with Crippen LogP contribution in [0.15, 0.2) is 48.5 Å². The highest BCUT2D eigenvalue weighted by Crippen LogP contribution is 2.29. The highest BCUT2D eigenvalue weighted by atomic mass is 35.5. The summed E-state index contributed by atoms with van der Waals surface area (Å²) in [7, 11) is 0. The molecule has 1 amide bonds. The third kappa shape index (κ3) is 6.17. The maximum atomic E-state index is 12.3. The minimum atomic E-state index is -0.913. The zero-order valence-electron chi connectivity index (χ0n) is 14.6. The molecule has 26 heavy (non-hydrogen) atoms. The minimum Gasteiger partial charge on any atom is -0.466 e. The quantitative estimate of drug-likeness (QED) is 0.686. The summed E-state index contributed by atoms with van der Waals surface area (Å²) < 4.78 is 4.87. The molecule has 6 heteroatoms. The number of nitrogens with one attached hydrogen (secondary N) is 1.